The van der Waals surface area contributed by atoms with Crippen molar-refractivity contribution < 1.29 is 14.4 Å². The summed E-state index contributed by atoms with van der Waals surface area (Å²) in [6, 6.07) is 5.98. The highest BCUT2D eigenvalue weighted by Gasteiger charge is 2.23. The number of hydrogen-bond donors (Lipinski definition) is 2. The van der Waals surface area contributed by atoms with Crippen LogP contribution in [0.2, 0.25) is 0 Å². The van der Waals surface area contributed by atoms with Gasteiger partial charge in [0, 0.05) is 5.46 Å². The van der Waals surface area contributed by atoms with Crippen LogP contribution < -0.4 is 5.46 Å². The molecule has 0 aliphatic heterocycles. The zero-order valence-electron chi connectivity index (χ0n) is 8.53. The maximum atomic E-state index is 13.3. The molecule has 0 spiro atoms. The van der Waals surface area contributed by atoms with Crippen LogP contribution in [0.5, 0.6) is 0 Å². The van der Waals surface area contributed by atoms with Gasteiger partial charge < -0.3 is 10.0 Å². The van der Waals surface area contributed by atoms with E-state index < -0.39 is 18.4 Å². The first-order valence-electron chi connectivity index (χ1n) is 4.46. The molecule has 0 radical (unpaired) electrons. The first kappa shape index (κ1) is 11.7. The Bertz CT molecular complexity index is 412. The van der Waals surface area contributed by atoms with Gasteiger partial charge in [-0.15, -0.1) is 0 Å². The topological polar surface area (TPSA) is 64.2 Å². The standard InChI is InChI=1S/C10H11BFNO2/c1-10(2,6-13)7-3-4-8(11(14)15)9(12)5-7/h3-5,14-15H,1-2H3. The molecule has 78 valence electrons. The number of rotatable bonds is 2. The number of nitrogens with zero attached hydrogens (tertiary/aromatic N) is 1. The third kappa shape index (κ3) is 2.35. The van der Waals surface area contributed by atoms with Gasteiger partial charge in [-0.2, -0.15) is 5.26 Å². The largest absolute Gasteiger partial charge is 0.491 e. The fraction of sp³-hybridized carbons (Fsp3) is 0.300. The molecule has 2 N–H and O–H groups in total. The van der Waals surface area contributed by atoms with E-state index in [-0.39, 0.29) is 5.46 Å². The Kier molecular flexibility index (Phi) is 3.13. The Balaban J connectivity index is 3.19. The van der Waals surface area contributed by atoms with Gasteiger partial charge in [0.15, 0.2) is 0 Å². The van der Waals surface area contributed by atoms with Crippen molar-refractivity contribution in [2.75, 3.05) is 0 Å². The molecule has 0 atom stereocenters. The van der Waals surface area contributed by atoms with Gasteiger partial charge in [0.1, 0.15) is 5.82 Å². The van der Waals surface area contributed by atoms with E-state index in [1.165, 1.54) is 12.1 Å². The van der Waals surface area contributed by atoms with Gasteiger partial charge in [-0.25, -0.2) is 4.39 Å². The molecule has 0 fully saturated rings. The lowest BCUT2D eigenvalue weighted by Gasteiger charge is -2.16. The van der Waals surface area contributed by atoms with Gasteiger partial charge in [-0.1, -0.05) is 12.1 Å². The summed E-state index contributed by atoms with van der Waals surface area (Å²) in [5.41, 5.74) is -0.473. The predicted molar refractivity (Wildman–Crippen MR) is 54.9 cm³/mol. The molecule has 15 heavy (non-hydrogen) atoms. The normalized spacial score (nSPS) is 10.9. The van der Waals surface area contributed by atoms with E-state index in [1.807, 2.05) is 6.07 Å². The smallest absolute Gasteiger partial charge is 0.423 e. The van der Waals surface area contributed by atoms with E-state index in [0.717, 1.165) is 6.07 Å². The highest BCUT2D eigenvalue weighted by Crippen LogP contribution is 2.21. The van der Waals surface area contributed by atoms with Gasteiger partial charge in [0.2, 0.25) is 0 Å². The summed E-state index contributed by atoms with van der Waals surface area (Å²) in [4.78, 5) is 0. The van der Waals surface area contributed by atoms with Crippen molar-refractivity contribution in [3.8, 4) is 6.07 Å². The van der Waals surface area contributed by atoms with E-state index in [4.69, 9.17) is 15.3 Å². The van der Waals surface area contributed by atoms with Gasteiger partial charge >= 0.3 is 7.12 Å². The van der Waals surface area contributed by atoms with Gasteiger partial charge in [-0.05, 0) is 25.5 Å². The van der Waals surface area contributed by atoms with Crippen LogP contribution in [-0.2, 0) is 5.41 Å². The van der Waals surface area contributed by atoms with E-state index in [2.05, 4.69) is 0 Å². The third-order valence-electron chi connectivity index (χ3n) is 2.28. The van der Waals surface area contributed by atoms with Crippen LogP contribution >= 0.6 is 0 Å². The molecule has 1 aromatic rings. The van der Waals surface area contributed by atoms with Crippen LogP contribution in [0, 0.1) is 17.1 Å². The van der Waals surface area contributed by atoms with E-state index >= 15 is 0 Å². The molecule has 0 saturated heterocycles. The monoisotopic (exact) mass is 207 g/mol. The molecule has 1 rings (SSSR count). The highest BCUT2D eigenvalue weighted by molar-refractivity contribution is 6.58. The molecule has 0 aliphatic rings. The molecule has 0 aromatic heterocycles. The summed E-state index contributed by atoms with van der Waals surface area (Å²) in [7, 11) is -1.83. The number of hydrogen-bond acceptors (Lipinski definition) is 3. The summed E-state index contributed by atoms with van der Waals surface area (Å²) >= 11 is 0. The minimum absolute atomic E-state index is 0.188. The molecule has 0 amide bonds. The third-order valence-corrected chi connectivity index (χ3v) is 2.28. The van der Waals surface area contributed by atoms with Crippen LogP contribution in [0.3, 0.4) is 0 Å². The van der Waals surface area contributed by atoms with E-state index in [9.17, 15) is 4.39 Å². The zero-order valence-corrected chi connectivity index (χ0v) is 8.53. The molecule has 0 aliphatic carbocycles. The summed E-state index contributed by atoms with van der Waals surface area (Å²) in [6.07, 6.45) is 0. The van der Waals surface area contributed by atoms with Crippen LogP contribution in [0.15, 0.2) is 18.2 Å². The van der Waals surface area contributed by atoms with Gasteiger partial charge in [0.25, 0.3) is 0 Å². The lowest BCUT2D eigenvalue weighted by atomic mass is 9.77. The number of nitriles is 1. The van der Waals surface area contributed by atoms with Crippen molar-refractivity contribution in [2.24, 2.45) is 0 Å². The van der Waals surface area contributed by atoms with Crippen molar-refractivity contribution >= 4 is 12.6 Å². The van der Waals surface area contributed by atoms with Crippen molar-refractivity contribution in [1.29, 1.82) is 5.26 Å². The molecule has 1 aromatic carbocycles. The summed E-state index contributed by atoms with van der Waals surface area (Å²) in [5.74, 6) is -0.717. The van der Waals surface area contributed by atoms with E-state index in [0.29, 0.717) is 5.56 Å². The average Bonchev–Trinajstić information content (AvgIpc) is 2.17. The fourth-order valence-electron chi connectivity index (χ4n) is 1.19. The molecule has 0 heterocycles. The summed E-state index contributed by atoms with van der Waals surface area (Å²) in [6.45, 7) is 3.33. The molecule has 3 nitrogen and oxygen atoms in total. The quantitative estimate of drug-likeness (QED) is 0.685. The molecule has 5 heteroatoms. The highest BCUT2D eigenvalue weighted by atomic mass is 19.1. The van der Waals surface area contributed by atoms with Crippen LogP contribution in [0.25, 0.3) is 0 Å². The van der Waals surface area contributed by atoms with Crippen molar-refractivity contribution in [3.63, 3.8) is 0 Å². The first-order chi connectivity index (χ1) is 6.88. The maximum absolute atomic E-state index is 13.3. The maximum Gasteiger partial charge on any atom is 0.491 e. The van der Waals surface area contributed by atoms with Crippen molar-refractivity contribution in [3.05, 3.63) is 29.6 Å². The lowest BCUT2D eigenvalue weighted by Crippen LogP contribution is -2.33. The van der Waals surface area contributed by atoms with Gasteiger partial charge in [-0.3, -0.25) is 0 Å². The number of benzene rings is 1. The number of halogens is 1. The van der Waals surface area contributed by atoms with E-state index in [1.54, 1.807) is 13.8 Å². The van der Waals surface area contributed by atoms with Crippen molar-refractivity contribution in [1.82, 2.24) is 0 Å². The summed E-state index contributed by atoms with van der Waals surface area (Å²) in [5, 5.41) is 26.5. The predicted octanol–water partition coefficient (Wildman–Crippen LogP) is 0.307. The SMILES string of the molecule is CC(C)(C#N)c1ccc(B(O)O)c(F)c1. The summed E-state index contributed by atoms with van der Waals surface area (Å²) < 4.78 is 13.3. The fourth-order valence-corrected chi connectivity index (χ4v) is 1.19. The molecule has 0 bridgehead atoms. The second kappa shape index (κ2) is 4.01. The molecular weight excluding hydrogens is 196 g/mol. The average molecular weight is 207 g/mol. The Morgan fingerprint density at radius 3 is 2.40 bits per heavy atom. The van der Waals surface area contributed by atoms with Crippen molar-refractivity contribution in [2.45, 2.75) is 19.3 Å². The second-order valence-electron chi connectivity index (χ2n) is 3.85. The Morgan fingerprint density at radius 1 is 1.40 bits per heavy atom. The Labute approximate surface area is 87.9 Å². The second-order valence-corrected chi connectivity index (χ2v) is 3.85. The van der Waals surface area contributed by atoms with Gasteiger partial charge in [0.05, 0.1) is 11.5 Å². The zero-order chi connectivity index (χ0) is 11.6. The minimum atomic E-state index is -1.83. The molecule has 0 saturated carbocycles. The van der Waals surface area contributed by atoms with Crippen LogP contribution in [-0.4, -0.2) is 17.2 Å². The first-order valence-corrected chi connectivity index (χ1v) is 4.46. The lowest BCUT2D eigenvalue weighted by molar-refractivity contribution is 0.423. The molecule has 0 unspecified atom stereocenters. The van der Waals surface area contributed by atoms with Crippen LogP contribution in [0.4, 0.5) is 4.39 Å². The minimum Gasteiger partial charge on any atom is -0.423 e. The Morgan fingerprint density at radius 2 is 2.00 bits per heavy atom. The van der Waals surface area contributed by atoms with Crippen LogP contribution in [0.1, 0.15) is 19.4 Å². The molecular formula is C10H11BFNO2. The Hall–Kier alpha value is -1.38.